The van der Waals surface area contributed by atoms with Crippen molar-refractivity contribution >= 4 is 23.8 Å². The second-order valence-corrected chi connectivity index (χ2v) is 7.81. The summed E-state index contributed by atoms with van der Waals surface area (Å²) >= 11 is 7.06. The second-order valence-electron chi connectivity index (χ2n) is 7.28. The van der Waals surface area contributed by atoms with E-state index >= 15 is 0 Å². The van der Waals surface area contributed by atoms with Crippen LogP contribution in [0.4, 0.5) is 0 Å². The van der Waals surface area contributed by atoms with Crippen molar-refractivity contribution in [1.82, 2.24) is 0 Å². The molecular formula is C23H21ClN3O2+. The van der Waals surface area contributed by atoms with Gasteiger partial charge in [-0.2, -0.15) is 4.99 Å². The minimum Gasteiger partial charge on any atom is -0.489 e. The number of allylic oxidation sites excluding steroid dienone is 1. The Balaban J connectivity index is 1.45. The van der Waals surface area contributed by atoms with Gasteiger partial charge in [-0.25, -0.2) is 0 Å². The van der Waals surface area contributed by atoms with Crippen molar-refractivity contribution in [1.29, 1.82) is 0 Å². The summed E-state index contributed by atoms with van der Waals surface area (Å²) < 4.78 is 11.6. The molecule has 2 atom stereocenters. The zero-order valence-electron chi connectivity index (χ0n) is 15.9. The molecule has 3 aliphatic heterocycles. The molecule has 29 heavy (non-hydrogen) atoms. The molecule has 0 spiro atoms. The van der Waals surface area contributed by atoms with E-state index < -0.39 is 0 Å². The van der Waals surface area contributed by atoms with E-state index in [1.165, 1.54) is 0 Å². The van der Waals surface area contributed by atoms with Gasteiger partial charge in [-0.05, 0) is 30.2 Å². The molecule has 6 heteroatoms. The van der Waals surface area contributed by atoms with Gasteiger partial charge in [0, 0.05) is 12.5 Å². The van der Waals surface area contributed by atoms with Gasteiger partial charge >= 0.3 is 0 Å². The molecule has 5 nitrogen and oxygen atoms in total. The molecule has 0 N–H and O–H groups in total. The van der Waals surface area contributed by atoms with Crippen molar-refractivity contribution in [2.45, 2.75) is 13.0 Å². The lowest BCUT2D eigenvalue weighted by Crippen LogP contribution is -2.37. The molecule has 5 rings (SSSR count). The molecule has 1 saturated heterocycles. The molecule has 146 valence electrons. The number of quaternary nitrogens is 1. The van der Waals surface area contributed by atoms with Crippen molar-refractivity contribution in [2.24, 2.45) is 15.9 Å². The first-order valence-corrected chi connectivity index (χ1v) is 10.1. The number of benzene rings is 2. The van der Waals surface area contributed by atoms with Crippen LogP contribution in [0.15, 0.2) is 88.4 Å². The second kappa shape index (κ2) is 7.59. The smallest absolute Gasteiger partial charge is 0.263 e. The van der Waals surface area contributed by atoms with Crippen LogP contribution in [-0.4, -0.2) is 29.3 Å². The number of hydrogen-bond donors (Lipinski definition) is 0. The summed E-state index contributed by atoms with van der Waals surface area (Å²) in [5, 5.41) is 0. The van der Waals surface area contributed by atoms with Crippen LogP contribution in [0, 0.1) is 5.92 Å². The third-order valence-electron chi connectivity index (χ3n) is 5.36. The molecule has 0 amide bonds. The van der Waals surface area contributed by atoms with Crippen LogP contribution in [0.1, 0.15) is 17.5 Å². The van der Waals surface area contributed by atoms with Crippen LogP contribution < -0.4 is 4.74 Å². The molecule has 2 aromatic rings. The van der Waals surface area contributed by atoms with Crippen LogP contribution in [0.5, 0.6) is 5.75 Å². The Hall–Kier alpha value is -2.73. The predicted molar refractivity (Wildman–Crippen MR) is 113 cm³/mol. The number of ether oxygens (including phenoxy) is 2. The number of hydrogen-bond acceptors (Lipinski definition) is 4. The first-order valence-electron chi connectivity index (χ1n) is 9.72. The van der Waals surface area contributed by atoms with Crippen LogP contribution >= 0.6 is 11.8 Å². The summed E-state index contributed by atoms with van der Waals surface area (Å²) in [4.78, 5) is 9.27. The zero-order chi connectivity index (χ0) is 19.7. The number of nitrogens with zero attached hydrogens (tertiary/aromatic N) is 3. The van der Waals surface area contributed by atoms with Gasteiger partial charge in [0.2, 0.25) is 5.70 Å². The Morgan fingerprint density at radius 3 is 2.86 bits per heavy atom. The number of aliphatic imine (C=N–C) groups is 2. The van der Waals surface area contributed by atoms with Gasteiger partial charge in [-0.3, -0.25) is 4.99 Å². The molecular weight excluding hydrogens is 386 g/mol. The average Bonchev–Trinajstić information content (AvgIpc) is 3.39. The fourth-order valence-corrected chi connectivity index (χ4v) is 4.15. The summed E-state index contributed by atoms with van der Waals surface area (Å²) in [5.74, 6) is 1.79. The van der Waals surface area contributed by atoms with Crippen LogP contribution in [0.2, 0.25) is 0 Å². The van der Waals surface area contributed by atoms with E-state index in [9.17, 15) is 0 Å². The molecule has 3 heterocycles. The van der Waals surface area contributed by atoms with E-state index in [-0.39, 0.29) is 9.92 Å². The van der Waals surface area contributed by atoms with Gasteiger partial charge in [-0.1, -0.05) is 36.4 Å². The lowest BCUT2D eigenvalue weighted by Gasteiger charge is -2.23. The van der Waals surface area contributed by atoms with Gasteiger partial charge in [0.25, 0.3) is 5.84 Å². The lowest BCUT2D eigenvalue weighted by molar-refractivity contribution is -0.600. The molecule has 2 unspecified atom stereocenters. The molecule has 0 aliphatic carbocycles. The van der Waals surface area contributed by atoms with Gasteiger partial charge in [0.15, 0.2) is 11.8 Å². The largest absolute Gasteiger partial charge is 0.489 e. The van der Waals surface area contributed by atoms with Gasteiger partial charge in [-0.15, -0.1) is 4.00 Å². The van der Waals surface area contributed by atoms with Gasteiger partial charge < -0.3 is 9.47 Å². The summed E-state index contributed by atoms with van der Waals surface area (Å²) in [6.07, 6.45) is 6.34. The van der Waals surface area contributed by atoms with E-state index in [4.69, 9.17) is 26.2 Å². The molecule has 2 aromatic carbocycles. The number of rotatable bonds is 5. The molecule has 0 bridgehead atoms. The Morgan fingerprint density at radius 2 is 2.03 bits per heavy atom. The maximum Gasteiger partial charge on any atom is 0.263 e. The predicted octanol–water partition coefficient (Wildman–Crippen LogP) is 4.80. The number of amidine groups is 1. The van der Waals surface area contributed by atoms with E-state index in [0.717, 1.165) is 47.1 Å². The van der Waals surface area contributed by atoms with Crippen molar-refractivity contribution in [3.05, 3.63) is 89.5 Å². The van der Waals surface area contributed by atoms with Crippen molar-refractivity contribution in [2.75, 3.05) is 13.2 Å². The topological polar surface area (TPSA) is 43.2 Å². The van der Waals surface area contributed by atoms with Gasteiger partial charge in [0.05, 0.1) is 24.6 Å². The van der Waals surface area contributed by atoms with E-state index in [0.29, 0.717) is 13.2 Å². The SMILES string of the molecule is Cl[N+]12C=CN=CC1=C(C1CCOC1)N=C2c1cccc(OCc2ccccc2)c1. The zero-order valence-corrected chi connectivity index (χ0v) is 16.6. The third kappa shape index (κ3) is 3.42. The van der Waals surface area contributed by atoms with E-state index in [2.05, 4.69) is 4.99 Å². The molecule has 1 fully saturated rings. The quantitative estimate of drug-likeness (QED) is 0.669. The first kappa shape index (κ1) is 18.3. The monoisotopic (exact) mass is 406 g/mol. The van der Waals surface area contributed by atoms with Gasteiger partial charge in [0.1, 0.15) is 24.3 Å². The van der Waals surface area contributed by atoms with Crippen molar-refractivity contribution < 1.29 is 13.5 Å². The van der Waals surface area contributed by atoms with E-state index in [1.807, 2.05) is 67.0 Å². The number of fused-ring (bicyclic) bond motifs is 1. The number of halogens is 1. The minimum atomic E-state index is -0.00251. The summed E-state index contributed by atoms with van der Waals surface area (Å²) in [5.41, 5.74) is 3.92. The molecule has 0 aromatic heterocycles. The maximum absolute atomic E-state index is 7.06. The Kier molecular flexibility index (Phi) is 4.79. The summed E-state index contributed by atoms with van der Waals surface area (Å²) in [6.45, 7) is 1.94. The highest BCUT2D eigenvalue weighted by molar-refractivity contribution is 6.20. The molecule has 3 aliphatic rings. The first-order chi connectivity index (χ1) is 14.2. The average molecular weight is 407 g/mol. The molecule has 0 saturated carbocycles. The highest BCUT2D eigenvalue weighted by Gasteiger charge is 2.48. The summed E-state index contributed by atoms with van der Waals surface area (Å²) in [6, 6.07) is 18.1. The fraction of sp³-hybridized carbons (Fsp3) is 0.217. The lowest BCUT2D eigenvalue weighted by atomic mass is 10.0. The maximum atomic E-state index is 7.06. The normalized spacial score (nSPS) is 25.3. The van der Waals surface area contributed by atoms with Crippen LogP contribution in [0.25, 0.3) is 0 Å². The third-order valence-corrected chi connectivity index (χ3v) is 5.81. The van der Waals surface area contributed by atoms with Crippen molar-refractivity contribution in [3.63, 3.8) is 0 Å². The Bertz CT molecular complexity index is 1040. The van der Waals surface area contributed by atoms with Crippen molar-refractivity contribution in [3.8, 4) is 5.75 Å². The van der Waals surface area contributed by atoms with Crippen LogP contribution in [0.3, 0.4) is 0 Å². The highest BCUT2D eigenvalue weighted by Crippen LogP contribution is 2.41. The summed E-state index contributed by atoms with van der Waals surface area (Å²) in [7, 11) is 0. The van der Waals surface area contributed by atoms with Crippen LogP contribution in [-0.2, 0) is 11.3 Å². The Morgan fingerprint density at radius 1 is 1.14 bits per heavy atom. The molecule has 0 radical (unpaired) electrons. The Labute approximate surface area is 175 Å². The standard InChI is InChI=1S/C23H21ClN3O2/c24-27-11-10-25-14-21(27)22(19-9-12-28-16-19)26-23(27)18-7-4-8-20(13-18)29-15-17-5-2-1-3-6-17/h1-8,10-11,13-14,19H,9,12,15-16H2/q+1. The minimum absolute atomic E-state index is 0.00251. The fourth-order valence-electron chi connectivity index (χ4n) is 3.84. The van der Waals surface area contributed by atoms with E-state index in [1.54, 1.807) is 6.20 Å². The highest BCUT2D eigenvalue weighted by atomic mass is 35.5.